The SMILES string of the molecule is CC(C)NC(=O)OCc1c(COC(=O)NC(C)C)c2n(c1-c1ccc(Cl)c(Cl)c1)CCS2=O. The molecule has 2 aromatic rings. The Morgan fingerprint density at radius 2 is 1.58 bits per heavy atom. The molecule has 0 saturated heterocycles. The number of nitrogens with one attached hydrogen (secondary N) is 2. The van der Waals surface area contributed by atoms with Crippen LogP contribution in [-0.2, 0) is 40.0 Å². The fourth-order valence-electron chi connectivity index (χ4n) is 3.55. The summed E-state index contributed by atoms with van der Waals surface area (Å²) in [5.41, 5.74) is 2.59. The van der Waals surface area contributed by atoms with Crippen LogP contribution in [-0.4, -0.2) is 38.8 Å². The first-order valence-electron chi connectivity index (χ1n) is 10.5. The minimum atomic E-state index is -1.30. The van der Waals surface area contributed by atoms with Gasteiger partial charge in [0.05, 0.1) is 26.5 Å². The number of fused-ring (bicyclic) bond motifs is 1. The number of hydrogen-bond donors (Lipinski definition) is 2. The van der Waals surface area contributed by atoms with E-state index in [-0.39, 0.29) is 25.3 Å². The van der Waals surface area contributed by atoms with E-state index in [2.05, 4.69) is 10.6 Å². The number of rotatable bonds is 7. The Kier molecular flexibility index (Phi) is 8.31. The third-order valence-corrected chi connectivity index (χ3v) is 7.03. The van der Waals surface area contributed by atoms with E-state index in [4.69, 9.17) is 32.7 Å². The van der Waals surface area contributed by atoms with E-state index in [0.717, 1.165) is 5.56 Å². The maximum absolute atomic E-state index is 12.9. The van der Waals surface area contributed by atoms with Gasteiger partial charge in [0.15, 0.2) is 0 Å². The quantitative estimate of drug-likeness (QED) is 0.548. The van der Waals surface area contributed by atoms with Gasteiger partial charge in [-0.25, -0.2) is 9.59 Å². The lowest BCUT2D eigenvalue weighted by Crippen LogP contribution is -2.31. The predicted molar refractivity (Wildman–Crippen MR) is 128 cm³/mol. The van der Waals surface area contributed by atoms with Gasteiger partial charge in [-0.1, -0.05) is 29.3 Å². The molecule has 0 aliphatic carbocycles. The van der Waals surface area contributed by atoms with Gasteiger partial charge in [0, 0.05) is 41.1 Å². The molecule has 0 radical (unpaired) electrons. The summed E-state index contributed by atoms with van der Waals surface area (Å²) in [6.45, 7) is 7.57. The first-order chi connectivity index (χ1) is 15.6. The average molecular weight is 516 g/mol. The van der Waals surface area contributed by atoms with Gasteiger partial charge in [-0.3, -0.25) is 4.21 Å². The number of benzene rings is 1. The van der Waals surface area contributed by atoms with Crippen LogP contribution >= 0.6 is 23.2 Å². The van der Waals surface area contributed by atoms with Gasteiger partial charge in [0.1, 0.15) is 18.2 Å². The molecule has 8 nitrogen and oxygen atoms in total. The van der Waals surface area contributed by atoms with Gasteiger partial charge in [0.25, 0.3) is 0 Å². The fourth-order valence-corrected chi connectivity index (χ4v) is 5.28. The largest absolute Gasteiger partial charge is 0.445 e. The predicted octanol–water partition coefficient (Wildman–Crippen LogP) is 4.85. The van der Waals surface area contributed by atoms with Crippen molar-refractivity contribution in [3.05, 3.63) is 39.4 Å². The summed E-state index contributed by atoms with van der Waals surface area (Å²) in [6, 6.07) is 4.99. The van der Waals surface area contributed by atoms with Gasteiger partial charge in [-0.15, -0.1) is 0 Å². The van der Waals surface area contributed by atoms with Crippen molar-refractivity contribution in [2.45, 2.75) is 64.6 Å². The maximum atomic E-state index is 12.9. The Morgan fingerprint density at radius 1 is 1.00 bits per heavy atom. The van der Waals surface area contributed by atoms with Crippen LogP contribution in [0.5, 0.6) is 0 Å². The molecule has 1 aromatic carbocycles. The van der Waals surface area contributed by atoms with E-state index >= 15 is 0 Å². The molecule has 0 bridgehead atoms. The van der Waals surface area contributed by atoms with Crippen LogP contribution in [0.25, 0.3) is 11.3 Å². The molecule has 33 heavy (non-hydrogen) atoms. The number of alkyl carbamates (subject to hydrolysis) is 2. The molecule has 180 valence electrons. The molecule has 3 rings (SSSR count). The maximum Gasteiger partial charge on any atom is 0.407 e. The normalized spacial score (nSPS) is 15.0. The molecule has 2 heterocycles. The van der Waals surface area contributed by atoms with Crippen LogP contribution in [0.1, 0.15) is 38.8 Å². The highest BCUT2D eigenvalue weighted by Gasteiger charge is 2.32. The first-order valence-corrected chi connectivity index (χ1v) is 12.6. The number of carbonyl (C=O) groups is 2. The minimum absolute atomic E-state index is 0.0962. The van der Waals surface area contributed by atoms with Gasteiger partial charge in [0.2, 0.25) is 0 Å². The third kappa shape index (κ3) is 6.02. The van der Waals surface area contributed by atoms with E-state index in [1.165, 1.54) is 0 Å². The molecule has 1 aliphatic heterocycles. The van der Waals surface area contributed by atoms with Crippen molar-refractivity contribution >= 4 is 46.2 Å². The lowest BCUT2D eigenvalue weighted by molar-refractivity contribution is 0.129. The van der Waals surface area contributed by atoms with Gasteiger partial charge in [-0.2, -0.15) is 0 Å². The van der Waals surface area contributed by atoms with Crippen molar-refractivity contribution < 1.29 is 23.3 Å². The molecule has 11 heteroatoms. The third-order valence-electron chi connectivity index (χ3n) is 4.84. The topological polar surface area (TPSA) is 98.7 Å². The molecule has 1 unspecified atom stereocenters. The highest BCUT2D eigenvalue weighted by molar-refractivity contribution is 7.85. The van der Waals surface area contributed by atoms with Crippen molar-refractivity contribution in [2.75, 3.05) is 5.75 Å². The summed E-state index contributed by atoms with van der Waals surface area (Å²) in [5.74, 6) is 0.434. The Balaban J connectivity index is 2.05. The Morgan fingerprint density at radius 3 is 2.12 bits per heavy atom. The highest BCUT2D eigenvalue weighted by atomic mass is 35.5. The Hall–Kier alpha value is -2.23. The zero-order valence-corrected chi connectivity index (χ0v) is 21.2. The first kappa shape index (κ1) is 25.4. The molecule has 2 amide bonds. The zero-order chi connectivity index (χ0) is 24.3. The van der Waals surface area contributed by atoms with Crippen LogP contribution in [0.3, 0.4) is 0 Å². The lowest BCUT2D eigenvalue weighted by Gasteiger charge is -2.14. The Bertz CT molecular complexity index is 1080. The van der Waals surface area contributed by atoms with Crippen molar-refractivity contribution in [3.63, 3.8) is 0 Å². The fraction of sp³-hybridized carbons (Fsp3) is 0.455. The van der Waals surface area contributed by atoms with Crippen LogP contribution < -0.4 is 10.6 Å². The highest BCUT2D eigenvalue weighted by Crippen LogP contribution is 2.39. The van der Waals surface area contributed by atoms with Crippen molar-refractivity contribution in [1.29, 1.82) is 0 Å². The second kappa shape index (κ2) is 10.8. The van der Waals surface area contributed by atoms with Crippen molar-refractivity contribution in [2.24, 2.45) is 0 Å². The number of nitrogens with zero attached hydrogens (tertiary/aromatic N) is 1. The Labute approximate surface area is 205 Å². The molecular weight excluding hydrogens is 489 g/mol. The molecule has 0 spiro atoms. The summed E-state index contributed by atoms with van der Waals surface area (Å²) >= 11 is 12.4. The summed E-state index contributed by atoms with van der Waals surface area (Å²) in [7, 11) is -1.30. The monoisotopic (exact) mass is 515 g/mol. The molecule has 1 aromatic heterocycles. The standard InChI is InChI=1S/C22H27Cl2N3O5S/c1-12(2)25-21(28)31-10-15-16(11-32-22(29)26-13(3)4)20-27(7-8-33(20)30)19(15)14-5-6-17(23)18(24)9-14/h5-6,9,12-13H,7-8,10-11H2,1-4H3,(H,25,28)(H,26,29). The smallest absolute Gasteiger partial charge is 0.407 e. The number of aromatic nitrogens is 1. The average Bonchev–Trinajstić information content (AvgIpc) is 3.23. The number of carbonyl (C=O) groups excluding carboxylic acids is 2. The number of ether oxygens (including phenoxy) is 2. The van der Waals surface area contributed by atoms with Crippen LogP contribution in [0.15, 0.2) is 23.2 Å². The molecule has 2 N–H and O–H groups in total. The van der Waals surface area contributed by atoms with Gasteiger partial charge >= 0.3 is 12.2 Å². The summed E-state index contributed by atoms with van der Waals surface area (Å²) in [4.78, 5) is 24.3. The minimum Gasteiger partial charge on any atom is -0.445 e. The second-order valence-corrected chi connectivity index (χ2v) is 10.5. The van der Waals surface area contributed by atoms with E-state index in [0.29, 0.717) is 44.2 Å². The van der Waals surface area contributed by atoms with E-state index < -0.39 is 23.0 Å². The molecule has 0 saturated carbocycles. The zero-order valence-electron chi connectivity index (χ0n) is 18.9. The van der Waals surface area contributed by atoms with Crippen LogP contribution in [0.4, 0.5) is 9.59 Å². The van der Waals surface area contributed by atoms with Crippen LogP contribution in [0.2, 0.25) is 10.0 Å². The molecule has 0 fully saturated rings. The molecule has 1 atom stereocenters. The molecular formula is C22H27Cl2N3O5S. The summed E-state index contributed by atoms with van der Waals surface area (Å²) < 4.78 is 25.7. The van der Waals surface area contributed by atoms with E-state index in [9.17, 15) is 13.8 Å². The van der Waals surface area contributed by atoms with E-state index in [1.807, 2.05) is 32.3 Å². The number of halogens is 2. The summed E-state index contributed by atoms with van der Waals surface area (Å²) in [6.07, 6.45) is -1.17. The number of hydrogen-bond acceptors (Lipinski definition) is 5. The van der Waals surface area contributed by atoms with Gasteiger partial charge in [-0.05, 0) is 39.8 Å². The van der Waals surface area contributed by atoms with E-state index in [1.54, 1.807) is 18.2 Å². The summed E-state index contributed by atoms with van der Waals surface area (Å²) in [5, 5.41) is 6.66. The van der Waals surface area contributed by atoms with Crippen molar-refractivity contribution in [3.8, 4) is 11.3 Å². The van der Waals surface area contributed by atoms with Gasteiger partial charge < -0.3 is 24.7 Å². The number of amides is 2. The van der Waals surface area contributed by atoms with Crippen molar-refractivity contribution in [1.82, 2.24) is 15.2 Å². The van der Waals surface area contributed by atoms with Crippen LogP contribution in [0, 0.1) is 0 Å². The second-order valence-electron chi connectivity index (χ2n) is 8.19. The lowest BCUT2D eigenvalue weighted by atomic mass is 10.1. The molecule has 1 aliphatic rings.